The van der Waals surface area contributed by atoms with Gasteiger partial charge < -0.3 is 4.74 Å². The van der Waals surface area contributed by atoms with E-state index in [0.717, 1.165) is 38.8 Å². The lowest BCUT2D eigenvalue weighted by Crippen LogP contribution is -2.31. The van der Waals surface area contributed by atoms with Gasteiger partial charge in [0.1, 0.15) is 22.5 Å². The van der Waals surface area contributed by atoms with Crippen LogP contribution in [0.25, 0.3) is 0 Å². The largest absolute Gasteiger partial charge is 0.392 e. The van der Waals surface area contributed by atoms with Crippen molar-refractivity contribution in [2.45, 2.75) is 23.3 Å². The zero-order valence-electron chi connectivity index (χ0n) is 12.3. The summed E-state index contributed by atoms with van der Waals surface area (Å²) >= 11 is 0. The van der Waals surface area contributed by atoms with E-state index in [1.807, 2.05) is 0 Å². The van der Waals surface area contributed by atoms with E-state index in [1.165, 1.54) is 6.07 Å². The Hall–Kier alpha value is -2.47. The molecule has 12 heteroatoms. The quantitative estimate of drug-likeness (QED) is 0.180. The van der Waals surface area contributed by atoms with E-state index in [1.54, 1.807) is 0 Å². The number of hydrogen-bond donors (Lipinski definition) is 0. The highest BCUT2D eigenvalue weighted by Crippen LogP contribution is 2.40. The summed E-state index contributed by atoms with van der Waals surface area (Å²) in [7, 11) is 2.04. The minimum Gasteiger partial charge on any atom is -0.392 e. The molecule has 25 heavy (non-hydrogen) atoms. The number of anilines is 1. The predicted octanol–water partition coefficient (Wildman–Crippen LogP) is 0.845. The van der Waals surface area contributed by atoms with Crippen LogP contribution in [0.5, 0.6) is 0 Å². The summed E-state index contributed by atoms with van der Waals surface area (Å²) in [6, 6.07) is 2.37. The summed E-state index contributed by atoms with van der Waals surface area (Å²) in [6.45, 7) is 0. The van der Waals surface area contributed by atoms with E-state index in [-0.39, 0.29) is 24.3 Å². The molecule has 0 aromatic carbocycles. The SMILES string of the molecule is O=C1CC(SSC2CC(=O)N(c3ccc([N+](=O)[O-])cn3)C2=O)C(=O)O1. The van der Waals surface area contributed by atoms with Crippen molar-refractivity contribution in [2.24, 2.45) is 0 Å². The van der Waals surface area contributed by atoms with Gasteiger partial charge in [0.2, 0.25) is 11.8 Å². The molecule has 2 aliphatic heterocycles. The lowest BCUT2D eigenvalue weighted by molar-refractivity contribution is -0.385. The van der Waals surface area contributed by atoms with Crippen molar-refractivity contribution >= 4 is 56.8 Å². The summed E-state index contributed by atoms with van der Waals surface area (Å²) in [6.07, 6.45) is 0.801. The van der Waals surface area contributed by atoms with Crippen molar-refractivity contribution in [2.75, 3.05) is 4.90 Å². The first-order valence-electron chi connectivity index (χ1n) is 6.90. The number of cyclic esters (lactones) is 2. The molecule has 0 aliphatic carbocycles. The predicted molar refractivity (Wildman–Crippen MR) is 86.5 cm³/mol. The van der Waals surface area contributed by atoms with Gasteiger partial charge in [-0.25, -0.2) is 9.88 Å². The third-order valence-corrected chi connectivity index (χ3v) is 6.42. The summed E-state index contributed by atoms with van der Waals surface area (Å²) < 4.78 is 4.42. The molecular weight excluding hydrogens is 374 g/mol. The topological polar surface area (TPSA) is 137 Å². The maximum Gasteiger partial charge on any atom is 0.328 e. The van der Waals surface area contributed by atoms with E-state index in [4.69, 9.17) is 0 Å². The van der Waals surface area contributed by atoms with Gasteiger partial charge in [-0.15, -0.1) is 0 Å². The van der Waals surface area contributed by atoms with E-state index >= 15 is 0 Å². The Bertz CT molecular complexity index is 782. The van der Waals surface area contributed by atoms with Crippen molar-refractivity contribution in [1.82, 2.24) is 4.98 Å². The fourth-order valence-electron chi connectivity index (χ4n) is 2.20. The number of esters is 2. The Kier molecular flexibility index (Phi) is 4.72. The number of imide groups is 1. The molecule has 0 saturated carbocycles. The number of aromatic nitrogens is 1. The standard InChI is InChI=1S/C13H9N3O7S2/c17-10-3-7(24-25-8-4-11(18)23-13(8)20)12(19)15(10)9-2-1-6(5-14-9)16(21)22/h1-2,5,7-8H,3-4H2. The Morgan fingerprint density at radius 1 is 1.16 bits per heavy atom. The van der Waals surface area contributed by atoms with Gasteiger partial charge in [-0.2, -0.15) is 0 Å². The molecule has 0 spiro atoms. The van der Waals surface area contributed by atoms with Gasteiger partial charge in [0.15, 0.2) is 0 Å². The molecule has 2 fully saturated rings. The maximum absolute atomic E-state index is 12.4. The van der Waals surface area contributed by atoms with Crippen LogP contribution in [0.1, 0.15) is 12.8 Å². The second-order valence-electron chi connectivity index (χ2n) is 5.07. The van der Waals surface area contributed by atoms with Crippen LogP contribution in [0.4, 0.5) is 11.5 Å². The molecule has 1 aromatic rings. The van der Waals surface area contributed by atoms with Gasteiger partial charge in [0, 0.05) is 12.5 Å². The molecule has 10 nitrogen and oxygen atoms in total. The highest BCUT2D eigenvalue weighted by atomic mass is 33.1. The van der Waals surface area contributed by atoms with Crippen molar-refractivity contribution < 1.29 is 28.8 Å². The van der Waals surface area contributed by atoms with Crippen LogP contribution >= 0.6 is 21.6 Å². The van der Waals surface area contributed by atoms with Crippen molar-refractivity contribution in [3.8, 4) is 0 Å². The summed E-state index contributed by atoms with van der Waals surface area (Å²) in [5.41, 5.74) is -0.256. The van der Waals surface area contributed by atoms with Crippen LogP contribution in [-0.2, 0) is 23.9 Å². The molecule has 2 atom stereocenters. The lowest BCUT2D eigenvalue weighted by Gasteiger charge is -2.13. The van der Waals surface area contributed by atoms with E-state index < -0.39 is 39.2 Å². The number of carbonyl (C=O) groups is 4. The number of hydrogen-bond acceptors (Lipinski definition) is 10. The molecule has 0 radical (unpaired) electrons. The molecule has 130 valence electrons. The number of nitrogens with zero attached hydrogens (tertiary/aromatic N) is 3. The number of ether oxygens (including phenoxy) is 1. The smallest absolute Gasteiger partial charge is 0.328 e. The molecule has 3 rings (SSSR count). The molecule has 2 aliphatic rings. The summed E-state index contributed by atoms with van der Waals surface area (Å²) in [5, 5.41) is 9.19. The zero-order chi connectivity index (χ0) is 18.1. The van der Waals surface area contributed by atoms with Crippen molar-refractivity contribution in [3.05, 3.63) is 28.4 Å². The van der Waals surface area contributed by atoms with Crippen molar-refractivity contribution in [1.29, 1.82) is 0 Å². The van der Waals surface area contributed by atoms with Gasteiger partial charge >= 0.3 is 11.9 Å². The first-order valence-corrected chi connectivity index (χ1v) is 9.18. The van der Waals surface area contributed by atoms with Gasteiger partial charge in [0.05, 0.1) is 11.3 Å². The zero-order valence-corrected chi connectivity index (χ0v) is 13.9. The minimum absolute atomic E-state index is 0.00385. The van der Waals surface area contributed by atoms with E-state index in [9.17, 15) is 29.3 Å². The minimum atomic E-state index is -0.738. The van der Waals surface area contributed by atoms with Crippen LogP contribution in [0, 0.1) is 10.1 Å². The molecule has 0 bridgehead atoms. The molecule has 2 saturated heterocycles. The molecule has 0 N–H and O–H groups in total. The van der Waals surface area contributed by atoms with Gasteiger partial charge in [-0.3, -0.25) is 29.3 Å². The first-order chi connectivity index (χ1) is 11.9. The van der Waals surface area contributed by atoms with Crippen LogP contribution in [0.2, 0.25) is 0 Å². The van der Waals surface area contributed by atoms with Crippen LogP contribution in [0.15, 0.2) is 18.3 Å². The van der Waals surface area contributed by atoms with Crippen LogP contribution in [-0.4, -0.2) is 44.2 Å². The Balaban J connectivity index is 1.66. The number of carbonyl (C=O) groups excluding carboxylic acids is 4. The molecule has 1 aromatic heterocycles. The molecular formula is C13H9N3O7S2. The highest BCUT2D eigenvalue weighted by molar-refractivity contribution is 8.77. The number of amides is 2. The number of pyridine rings is 1. The Morgan fingerprint density at radius 2 is 1.88 bits per heavy atom. The third kappa shape index (κ3) is 3.49. The normalized spacial score (nSPS) is 23.3. The first kappa shape index (κ1) is 17.4. The van der Waals surface area contributed by atoms with E-state index in [2.05, 4.69) is 9.72 Å². The fraction of sp³-hybridized carbons (Fsp3) is 0.308. The van der Waals surface area contributed by atoms with Gasteiger partial charge in [0.25, 0.3) is 5.69 Å². The average Bonchev–Trinajstić information content (AvgIpc) is 3.03. The number of nitro groups is 1. The molecule has 2 unspecified atom stereocenters. The van der Waals surface area contributed by atoms with Gasteiger partial charge in [-0.1, -0.05) is 21.6 Å². The third-order valence-electron chi connectivity index (χ3n) is 3.39. The maximum atomic E-state index is 12.4. The van der Waals surface area contributed by atoms with Crippen LogP contribution in [0.3, 0.4) is 0 Å². The fourth-order valence-corrected chi connectivity index (χ4v) is 4.89. The molecule has 2 amide bonds. The summed E-state index contributed by atoms with van der Waals surface area (Å²) in [5.74, 6) is -2.29. The molecule has 3 heterocycles. The van der Waals surface area contributed by atoms with Crippen molar-refractivity contribution in [3.63, 3.8) is 0 Å². The van der Waals surface area contributed by atoms with E-state index in [0.29, 0.717) is 0 Å². The second kappa shape index (κ2) is 6.80. The van der Waals surface area contributed by atoms with Crippen LogP contribution < -0.4 is 4.90 Å². The average molecular weight is 383 g/mol. The Labute approximate surface area is 147 Å². The highest BCUT2D eigenvalue weighted by Gasteiger charge is 2.43. The Morgan fingerprint density at radius 3 is 2.44 bits per heavy atom. The summed E-state index contributed by atoms with van der Waals surface area (Å²) in [4.78, 5) is 61.6. The number of rotatable bonds is 5. The van der Waals surface area contributed by atoms with Gasteiger partial charge in [-0.05, 0) is 6.07 Å². The monoisotopic (exact) mass is 383 g/mol. The second-order valence-corrected chi connectivity index (χ2v) is 7.75. The lowest BCUT2D eigenvalue weighted by atomic mass is 10.4.